The second-order valence-corrected chi connectivity index (χ2v) is 4.29. The molecule has 1 rings (SSSR count). The van der Waals surface area contributed by atoms with Gasteiger partial charge in [-0.1, -0.05) is 24.4 Å². The van der Waals surface area contributed by atoms with Crippen molar-refractivity contribution in [1.82, 2.24) is 4.90 Å². The highest BCUT2D eigenvalue weighted by Crippen LogP contribution is 2.08. The highest BCUT2D eigenvalue weighted by Gasteiger charge is 2.14. The van der Waals surface area contributed by atoms with Gasteiger partial charge in [-0.2, -0.15) is 0 Å². The number of carbonyl (C=O) groups is 1. The summed E-state index contributed by atoms with van der Waals surface area (Å²) in [6, 6.07) is 5.58. The van der Waals surface area contributed by atoms with E-state index >= 15 is 0 Å². The molecule has 0 saturated carbocycles. The number of nitrogens with zero attached hydrogens (tertiary/aromatic N) is 1. The summed E-state index contributed by atoms with van der Waals surface area (Å²) in [6.45, 7) is 4.36. The van der Waals surface area contributed by atoms with Crippen LogP contribution in [-0.2, 0) is 0 Å². The van der Waals surface area contributed by atoms with E-state index in [1.54, 1.807) is 12.1 Å². The lowest BCUT2D eigenvalue weighted by Gasteiger charge is -2.20. The Morgan fingerprint density at radius 1 is 1.56 bits per heavy atom. The van der Waals surface area contributed by atoms with Gasteiger partial charge in [-0.05, 0) is 18.2 Å². The molecular formula is C13H15FN2OS. The van der Waals surface area contributed by atoms with Crippen molar-refractivity contribution in [3.8, 4) is 0 Å². The Balaban J connectivity index is 2.81. The van der Waals surface area contributed by atoms with Crippen LogP contribution in [0.25, 0.3) is 0 Å². The Hall–Kier alpha value is -1.75. The fourth-order valence-electron chi connectivity index (χ4n) is 1.48. The zero-order valence-corrected chi connectivity index (χ0v) is 10.8. The van der Waals surface area contributed by atoms with E-state index in [2.05, 4.69) is 6.58 Å². The number of hydrogen-bond acceptors (Lipinski definition) is 2. The molecule has 2 N–H and O–H groups in total. The van der Waals surface area contributed by atoms with Crippen LogP contribution in [0.1, 0.15) is 16.8 Å². The number of nitrogens with two attached hydrogens (primary N) is 1. The van der Waals surface area contributed by atoms with E-state index in [0.29, 0.717) is 30.1 Å². The molecule has 0 aliphatic rings. The Kier molecular flexibility index (Phi) is 5.45. The number of thiocarbonyl (C=S) groups is 1. The molecule has 0 spiro atoms. The summed E-state index contributed by atoms with van der Waals surface area (Å²) in [5.74, 6) is -0.695. The quantitative estimate of drug-likeness (QED) is 0.634. The van der Waals surface area contributed by atoms with Crippen LogP contribution in [0.5, 0.6) is 0 Å². The van der Waals surface area contributed by atoms with E-state index < -0.39 is 5.82 Å². The molecular weight excluding hydrogens is 251 g/mol. The van der Waals surface area contributed by atoms with Crippen LogP contribution in [0.4, 0.5) is 4.39 Å². The number of halogens is 1. The van der Waals surface area contributed by atoms with Crippen LogP contribution in [0.3, 0.4) is 0 Å². The number of hydrogen-bond donors (Lipinski definition) is 1. The van der Waals surface area contributed by atoms with Gasteiger partial charge in [0.2, 0.25) is 0 Å². The minimum absolute atomic E-state index is 0.259. The zero-order chi connectivity index (χ0) is 13.5. The average molecular weight is 266 g/mol. The number of rotatable bonds is 6. The molecule has 0 aromatic heterocycles. The van der Waals surface area contributed by atoms with Crippen molar-refractivity contribution < 1.29 is 9.18 Å². The van der Waals surface area contributed by atoms with Gasteiger partial charge in [-0.3, -0.25) is 4.79 Å². The topological polar surface area (TPSA) is 46.3 Å². The van der Waals surface area contributed by atoms with E-state index in [4.69, 9.17) is 18.0 Å². The summed E-state index contributed by atoms with van der Waals surface area (Å²) in [5, 5.41) is 0. The van der Waals surface area contributed by atoms with Crippen LogP contribution < -0.4 is 5.73 Å². The SMILES string of the molecule is C=CCN(CCC(N)=S)C(=O)c1cccc(F)c1. The molecule has 5 heteroatoms. The van der Waals surface area contributed by atoms with Crippen LogP contribution >= 0.6 is 12.2 Å². The highest BCUT2D eigenvalue weighted by atomic mass is 32.1. The number of benzene rings is 1. The molecule has 0 fully saturated rings. The Bertz CT molecular complexity index is 462. The molecule has 1 aromatic rings. The third-order valence-corrected chi connectivity index (χ3v) is 2.54. The van der Waals surface area contributed by atoms with Crippen molar-refractivity contribution in [2.24, 2.45) is 5.73 Å². The maximum Gasteiger partial charge on any atom is 0.254 e. The minimum atomic E-state index is -0.436. The molecule has 0 atom stereocenters. The number of carbonyl (C=O) groups excluding carboxylic acids is 1. The molecule has 0 bridgehead atoms. The second kappa shape index (κ2) is 6.86. The molecule has 0 radical (unpaired) electrons. The first-order chi connectivity index (χ1) is 8.54. The first kappa shape index (κ1) is 14.3. The molecule has 0 unspecified atom stereocenters. The smallest absolute Gasteiger partial charge is 0.254 e. The van der Waals surface area contributed by atoms with Crippen molar-refractivity contribution in [2.75, 3.05) is 13.1 Å². The third-order valence-electron chi connectivity index (χ3n) is 2.34. The van der Waals surface area contributed by atoms with Gasteiger partial charge in [-0.15, -0.1) is 6.58 Å². The second-order valence-electron chi connectivity index (χ2n) is 3.77. The van der Waals surface area contributed by atoms with E-state index in [1.165, 1.54) is 23.1 Å². The van der Waals surface area contributed by atoms with Crippen LogP contribution in [0.2, 0.25) is 0 Å². The highest BCUT2D eigenvalue weighted by molar-refractivity contribution is 7.80. The summed E-state index contributed by atoms with van der Waals surface area (Å²) in [7, 11) is 0. The molecule has 0 saturated heterocycles. The number of amides is 1. The molecule has 3 nitrogen and oxygen atoms in total. The summed E-state index contributed by atoms with van der Waals surface area (Å²) in [6.07, 6.45) is 2.04. The summed E-state index contributed by atoms with van der Waals surface area (Å²) in [5.41, 5.74) is 5.71. The molecule has 96 valence electrons. The lowest BCUT2D eigenvalue weighted by atomic mass is 10.2. The standard InChI is InChI=1S/C13H15FN2OS/c1-2-7-16(8-6-12(15)18)13(17)10-4-3-5-11(14)9-10/h2-5,9H,1,6-8H2,(H2,15,18). The van der Waals surface area contributed by atoms with E-state index in [0.717, 1.165) is 0 Å². The van der Waals surface area contributed by atoms with Crippen molar-refractivity contribution in [3.63, 3.8) is 0 Å². The predicted octanol–water partition coefficient (Wildman–Crippen LogP) is 2.13. The average Bonchev–Trinajstić information content (AvgIpc) is 2.33. The summed E-state index contributed by atoms with van der Waals surface area (Å²) in [4.78, 5) is 14.0. The molecule has 1 amide bonds. The molecule has 0 heterocycles. The Morgan fingerprint density at radius 2 is 2.28 bits per heavy atom. The van der Waals surface area contributed by atoms with E-state index in [1.807, 2.05) is 0 Å². The van der Waals surface area contributed by atoms with Crippen molar-refractivity contribution in [1.29, 1.82) is 0 Å². The van der Waals surface area contributed by atoms with Crippen molar-refractivity contribution >= 4 is 23.1 Å². The third kappa shape index (κ3) is 4.25. The zero-order valence-electron chi connectivity index (χ0n) is 9.93. The van der Waals surface area contributed by atoms with Gasteiger partial charge in [0.15, 0.2) is 0 Å². The van der Waals surface area contributed by atoms with Gasteiger partial charge in [0.05, 0.1) is 4.99 Å². The van der Waals surface area contributed by atoms with Gasteiger partial charge >= 0.3 is 0 Å². The summed E-state index contributed by atoms with van der Waals surface area (Å²) >= 11 is 4.78. The van der Waals surface area contributed by atoms with Crippen LogP contribution in [0.15, 0.2) is 36.9 Å². The van der Waals surface area contributed by atoms with Gasteiger partial charge < -0.3 is 10.6 Å². The lowest BCUT2D eigenvalue weighted by molar-refractivity contribution is 0.0777. The van der Waals surface area contributed by atoms with E-state index in [9.17, 15) is 9.18 Å². The lowest BCUT2D eigenvalue weighted by Crippen LogP contribution is -2.34. The molecule has 0 aliphatic carbocycles. The first-order valence-electron chi connectivity index (χ1n) is 5.48. The maximum atomic E-state index is 13.1. The maximum absolute atomic E-state index is 13.1. The molecule has 0 aliphatic heterocycles. The van der Waals surface area contributed by atoms with Crippen molar-refractivity contribution in [3.05, 3.63) is 48.3 Å². The van der Waals surface area contributed by atoms with Gasteiger partial charge in [0.25, 0.3) is 5.91 Å². The van der Waals surface area contributed by atoms with Gasteiger partial charge in [0.1, 0.15) is 5.82 Å². The first-order valence-corrected chi connectivity index (χ1v) is 5.89. The Morgan fingerprint density at radius 3 is 2.83 bits per heavy atom. The molecule has 18 heavy (non-hydrogen) atoms. The monoisotopic (exact) mass is 266 g/mol. The van der Waals surface area contributed by atoms with Gasteiger partial charge in [0, 0.05) is 25.1 Å². The molecule has 1 aromatic carbocycles. The fourth-order valence-corrected chi connectivity index (χ4v) is 1.57. The van der Waals surface area contributed by atoms with Crippen molar-refractivity contribution in [2.45, 2.75) is 6.42 Å². The fraction of sp³-hybridized carbons (Fsp3) is 0.231. The predicted molar refractivity (Wildman–Crippen MR) is 73.9 cm³/mol. The Labute approximate surface area is 111 Å². The minimum Gasteiger partial charge on any atom is -0.393 e. The summed E-state index contributed by atoms with van der Waals surface area (Å²) < 4.78 is 13.1. The largest absolute Gasteiger partial charge is 0.393 e. The van der Waals surface area contributed by atoms with Crippen LogP contribution in [0, 0.1) is 5.82 Å². The van der Waals surface area contributed by atoms with E-state index in [-0.39, 0.29) is 5.91 Å². The van der Waals surface area contributed by atoms with Gasteiger partial charge in [-0.25, -0.2) is 4.39 Å². The normalized spacial score (nSPS) is 9.83. The van der Waals surface area contributed by atoms with Crippen LogP contribution in [-0.4, -0.2) is 28.9 Å².